The third-order valence-electron chi connectivity index (χ3n) is 5.62. The fourth-order valence-electron chi connectivity index (χ4n) is 3.49. The van der Waals surface area contributed by atoms with Crippen LogP contribution in [0, 0.1) is 11.3 Å². The van der Waals surface area contributed by atoms with Crippen molar-refractivity contribution in [1.82, 2.24) is 9.62 Å². The largest absolute Gasteiger partial charge is 0.467 e. The maximum Gasteiger partial charge on any atom is 0.328 e. The summed E-state index contributed by atoms with van der Waals surface area (Å²) < 4.78 is 33.7. The molecule has 0 aliphatic rings. The number of carbonyl (C=O) groups excluding carboxylic acids is 2. The van der Waals surface area contributed by atoms with E-state index in [-0.39, 0.29) is 11.3 Å². The molecular weight excluding hydrogens is 454 g/mol. The number of fused-ring (bicyclic) bond motifs is 1. The fraction of sp³-hybridized carbons (Fsp3) is 0.240. The number of benzene rings is 3. The van der Waals surface area contributed by atoms with Crippen molar-refractivity contribution in [3.8, 4) is 6.07 Å². The van der Waals surface area contributed by atoms with Gasteiger partial charge in [0.05, 0.1) is 23.6 Å². The normalized spacial score (nSPS) is 13.0. The number of carbonyl (C=O) groups is 2. The Bertz CT molecular complexity index is 1350. The van der Waals surface area contributed by atoms with E-state index in [1.807, 2.05) is 24.3 Å². The molecule has 3 rings (SSSR count). The monoisotopic (exact) mass is 479 g/mol. The minimum Gasteiger partial charge on any atom is -0.467 e. The molecule has 3 aromatic carbocycles. The van der Waals surface area contributed by atoms with Crippen LogP contribution in [0.1, 0.15) is 18.1 Å². The fourth-order valence-corrected chi connectivity index (χ4v) is 4.71. The number of methoxy groups -OCH3 is 1. The number of rotatable bonds is 8. The summed E-state index contributed by atoms with van der Waals surface area (Å²) in [6, 6.07) is 18.5. The lowest BCUT2D eigenvalue weighted by atomic mass is 10.0. The van der Waals surface area contributed by atoms with Crippen LogP contribution >= 0.6 is 0 Å². The highest BCUT2D eigenvalue weighted by molar-refractivity contribution is 7.89. The molecule has 3 aromatic rings. The minimum atomic E-state index is -4.08. The van der Waals surface area contributed by atoms with Gasteiger partial charge in [-0.05, 0) is 53.9 Å². The van der Waals surface area contributed by atoms with Gasteiger partial charge in [0.1, 0.15) is 12.1 Å². The van der Waals surface area contributed by atoms with Gasteiger partial charge >= 0.3 is 5.97 Å². The highest BCUT2D eigenvalue weighted by Gasteiger charge is 2.32. The van der Waals surface area contributed by atoms with Crippen LogP contribution in [0.4, 0.5) is 0 Å². The van der Waals surface area contributed by atoms with Gasteiger partial charge in [-0.2, -0.15) is 9.98 Å². The molecule has 0 saturated heterocycles. The Kier molecular flexibility index (Phi) is 7.66. The topological polar surface area (TPSA) is 117 Å². The molecule has 0 fully saturated rings. The van der Waals surface area contributed by atoms with Gasteiger partial charge in [0, 0.05) is 7.05 Å². The Labute approximate surface area is 198 Å². The van der Waals surface area contributed by atoms with Crippen LogP contribution in [0.25, 0.3) is 10.8 Å². The number of likely N-dealkylation sites (N-methyl/N-ethyl adjacent to an activating group) is 1. The van der Waals surface area contributed by atoms with Crippen molar-refractivity contribution in [2.75, 3.05) is 14.2 Å². The molecule has 0 radical (unpaired) electrons. The molecule has 176 valence electrons. The molecule has 0 unspecified atom stereocenters. The first-order valence-corrected chi connectivity index (χ1v) is 12.0. The maximum absolute atomic E-state index is 13.3. The Morgan fingerprint density at radius 3 is 2.32 bits per heavy atom. The zero-order chi connectivity index (χ0) is 24.9. The molecule has 1 amide bonds. The third kappa shape index (κ3) is 5.60. The summed E-state index contributed by atoms with van der Waals surface area (Å²) >= 11 is 0. The zero-order valence-electron chi connectivity index (χ0n) is 19.1. The van der Waals surface area contributed by atoms with Crippen molar-refractivity contribution in [2.45, 2.75) is 30.3 Å². The number of esters is 1. The molecule has 0 saturated carbocycles. The van der Waals surface area contributed by atoms with E-state index in [1.54, 1.807) is 42.5 Å². The molecule has 8 nitrogen and oxygen atoms in total. The Morgan fingerprint density at radius 1 is 1.06 bits per heavy atom. The second kappa shape index (κ2) is 10.5. The number of nitriles is 1. The van der Waals surface area contributed by atoms with Crippen LogP contribution in [0.15, 0.2) is 71.6 Å². The summed E-state index contributed by atoms with van der Waals surface area (Å²) in [7, 11) is -1.45. The quantitative estimate of drug-likeness (QED) is 0.497. The predicted molar refractivity (Wildman–Crippen MR) is 127 cm³/mol. The van der Waals surface area contributed by atoms with Crippen LogP contribution in [-0.2, 0) is 30.8 Å². The van der Waals surface area contributed by atoms with E-state index in [1.165, 1.54) is 27.1 Å². The van der Waals surface area contributed by atoms with Crippen LogP contribution in [0.5, 0.6) is 0 Å². The van der Waals surface area contributed by atoms with E-state index in [0.29, 0.717) is 11.1 Å². The summed E-state index contributed by atoms with van der Waals surface area (Å²) in [5.74, 6) is -1.21. The molecule has 9 heteroatoms. The molecule has 0 spiro atoms. The average Bonchev–Trinajstić information content (AvgIpc) is 2.86. The van der Waals surface area contributed by atoms with Gasteiger partial charge < -0.3 is 9.64 Å². The van der Waals surface area contributed by atoms with Crippen LogP contribution in [-0.4, -0.2) is 51.4 Å². The molecule has 2 atom stereocenters. The third-order valence-corrected chi connectivity index (χ3v) is 7.09. The molecule has 0 bridgehead atoms. The minimum absolute atomic E-state index is 0.0208. The van der Waals surface area contributed by atoms with Gasteiger partial charge in [-0.15, -0.1) is 0 Å². The van der Waals surface area contributed by atoms with Gasteiger partial charge in [-0.1, -0.05) is 42.5 Å². The second-order valence-electron chi connectivity index (χ2n) is 7.84. The van der Waals surface area contributed by atoms with Crippen molar-refractivity contribution in [1.29, 1.82) is 5.26 Å². The first-order chi connectivity index (χ1) is 16.2. The standard InChI is InChI=1S/C25H25N3O5S/c1-17(25(30)33-3)28(2)24(29)23(14-18-8-10-19(16-26)11-9-18)27-34(31,32)22-13-12-20-6-4-5-7-21(20)15-22/h4-13,15,17,23,27H,14H2,1-3H3/t17-,23-/m0/s1. The summed E-state index contributed by atoms with van der Waals surface area (Å²) in [4.78, 5) is 26.4. The van der Waals surface area contributed by atoms with E-state index in [0.717, 1.165) is 15.7 Å². The van der Waals surface area contributed by atoms with Gasteiger partial charge in [0.15, 0.2) is 0 Å². The van der Waals surface area contributed by atoms with Crippen molar-refractivity contribution in [3.05, 3.63) is 77.9 Å². The smallest absolute Gasteiger partial charge is 0.328 e. The number of amides is 1. The van der Waals surface area contributed by atoms with Crippen LogP contribution < -0.4 is 4.72 Å². The summed E-state index contributed by atoms with van der Waals surface area (Å²) in [5, 5.41) is 10.7. The van der Waals surface area contributed by atoms with Crippen molar-refractivity contribution in [2.24, 2.45) is 0 Å². The second-order valence-corrected chi connectivity index (χ2v) is 9.56. The molecule has 0 heterocycles. The lowest BCUT2D eigenvalue weighted by Crippen LogP contribution is -2.52. The maximum atomic E-state index is 13.3. The Hall–Kier alpha value is -3.74. The van der Waals surface area contributed by atoms with Crippen molar-refractivity contribution in [3.63, 3.8) is 0 Å². The highest BCUT2D eigenvalue weighted by atomic mass is 32.2. The van der Waals surface area contributed by atoms with Crippen LogP contribution in [0.2, 0.25) is 0 Å². The Morgan fingerprint density at radius 2 is 1.71 bits per heavy atom. The SMILES string of the molecule is COC(=O)[C@H](C)N(C)C(=O)[C@H](Cc1ccc(C#N)cc1)NS(=O)(=O)c1ccc2ccccc2c1. The number of sulfonamides is 1. The number of nitrogens with one attached hydrogen (secondary N) is 1. The molecule has 0 aliphatic heterocycles. The van der Waals surface area contributed by atoms with E-state index >= 15 is 0 Å². The number of hydrogen-bond donors (Lipinski definition) is 1. The molecule has 0 aromatic heterocycles. The van der Waals surface area contributed by atoms with E-state index < -0.39 is 34.0 Å². The number of ether oxygens (including phenoxy) is 1. The van der Waals surface area contributed by atoms with Gasteiger partial charge in [0.2, 0.25) is 15.9 Å². The molecule has 34 heavy (non-hydrogen) atoms. The molecule has 1 N–H and O–H groups in total. The van der Waals surface area contributed by atoms with E-state index in [4.69, 9.17) is 10.00 Å². The predicted octanol–water partition coefficient (Wildman–Crippen LogP) is 2.62. The molecular formula is C25H25N3O5S. The van der Waals surface area contributed by atoms with E-state index in [9.17, 15) is 18.0 Å². The van der Waals surface area contributed by atoms with Gasteiger partial charge in [-0.25, -0.2) is 13.2 Å². The summed E-state index contributed by atoms with van der Waals surface area (Å²) in [6.07, 6.45) is 0.0234. The Balaban J connectivity index is 1.94. The zero-order valence-corrected chi connectivity index (χ0v) is 19.9. The van der Waals surface area contributed by atoms with Crippen molar-refractivity contribution >= 4 is 32.7 Å². The van der Waals surface area contributed by atoms with Crippen molar-refractivity contribution < 1.29 is 22.7 Å². The first-order valence-electron chi connectivity index (χ1n) is 10.5. The lowest BCUT2D eigenvalue weighted by molar-refractivity contribution is -0.151. The van der Waals surface area contributed by atoms with E-state index in [2.05, 4.69) is 4.72 Å². The van der Waals surface area contributed by atoms with Gasteiger partial charge in [0.25, 0.3) is 0 Å². The summed E-state index contributed by atoms with van der Waals surface area (Å²) in [6.45, 7) is 1.50. The number of nitrogens with zero attached hydrogens (tertiary/aromatic N) is 2. The highest BCUT2D eigenvalue weighted by Crippen LogP contribution is 2.20. The van der Waals surface area contributed by atoms with Gasteiger partial charge in [-0.3, -0.25) is 4.79 Å². The van der Waals surface area contributed by atoms with Crippen LogP contribution in [0.3, 0.4) is 0 Å². The summed E-state index contributed by atoms with van der Waals surface area (Å²) in [5.41, 5.74) is 1.09. The first kappa shape index (κ1) is 24.9. The number of hydrogen-bond acceptors (Lipinski definition) is 6. The molecule has 0 aliphatic carbocycles. The lowest BCUT2D eigenvalue weighted by Gasteiger charge is -2.28. The average molecular weight is 480 g/mol.